The lowest BCUT2D eigenvalue weighted by Crippen LogP contribution is -2.21. The van der Waals surface area contributed by atoms with E-state index >= 15 is 0 Å². The summed E-state index contributed by atoms with van der Waals surface area (Å²) in [7, 11) is 1.53. The molecule has 0 aromatic heterocycles. The van der Waals surface area contributed by atoms with E-state index < -0.39 is 0 Å². The van der Waals surface area contributed by atoms with E-state index in [1.807, 2.05) is 30.3 Å². The average molecular weight is 389 g/mol. The Morgan fingerprint density at radius 1 is 0.931 bits per heavy atom. The van der Waals surface area contributed by atoms with Gasteiger partial charge in [-0.25, -0.2) is 0 Å². The van der Waals surface area contributed by atoms with Crippen molar-refractivity contribution < 1.29 is 19.1 Å². The molecule has 148 valence electrons. The quantitative estimate of drug-likeness (QED) is 0.576. The van der Waals surface area contributed by atoms with Gasteiger partial charge in [-0.15, -0.1) is 0 Å². The molecule has 0 aliphatic rings. The number of ketones is 1. The van der Waals surface area contributed by atoms with Crippen LogP contribution in [-0.2, 0) is 11.2 Å². The molecule has 0 bridgehead atoms. The Morgan fingerprint density at radius 3 is 2.31 bits per heavy atom. The first-order valence-electron chi connectivity index (χ1n) is 9.40. The number of ether oxygens (including phenoxy) is 2. The first-order valence-corrected chi connectivity index (χ1v) is 9.40. The van der Waals surface area contributed by atoms with Gasteiger partial charge in [0.1, 0.15) is 11.5 Å². The number of benzene rings is 3. The Balaban J connectivity index is 1.73. The van der Waals surface area contributed by atoms with Crippen molar-refractivity contribution in [2.24, 2.45) is 0 Å². The molecule has 29 heavy (non-hydrogen) atoms. The number of hydrogen-bond acceptors (Lipinski definition) is 4. The minimum absolute atomic E-state index is 0.182. The molecule has 0 atom stereocenters. The minimum Gasteiger partial charge on any atom is -0.497 e. The molecule has 3 aromatic carbocycles. The standard InChI is InChI=1S/C24H23NO4/c1-3-17-9-11-19(12-10-17)25-23(26)16-29-22-15-20(28-2)13-14-21(22)24(27)18-7-5-4-6-8-18/h4-15H,3,16H2,1-2H3,(H,25,26). The third-order valence-electron chi connectivity index (χ3n) is 4.47. The Kier molecular flexibility index (Phi) is 6.63. The summed E-state index contributed by atoms with van der Waals surface area (Å²) in [6, 6.07) is 21.5. The molecule has 0 saturated heterocycles. The van der Waals surface area contributed by atoms with Gasteiger partial charge in [0.25, 0.3) is 5.91 Å². The van der Waals surface area contributed by atoms with Gasteiger partial charge in [-0.2, -0.15) is 0 Å². The third kappa shape index (κ3) is 5.23. The highest BCUT2D eigenvalue weighted by Gasteiger charge is 2.17. The van der Waals surface area contributed by atoms with Gasteiger partial charge in [-0.1, -0.05) is 49.4 Å². The van der Waals surface area contributed by atoms with Crippen LogP contribution in [0.4, 0.5) is 5.69 Å². The predicted molar refractivity (Wildman–Crippen MR) is 113 cm³/mol. The van der Waals surface area contributed by atoms with Crippen LogP contribution in [0.1, 0.15) is 28.4 Å². The smallest absolute Gasteiger partial charge is 0.262 e. The fraction of sp³-hybridized carbons (Fsp3) is 0.167. The molecule has 3 aromatic rings. The second-order valence-electron chi connectivity index (χ2n) is 6.44. The summed E-state index contributed by atoms with van der Waals surface area (Å²) in [4.78, 5) is 25.1. The lowest BCUT2D eigenvalue weighted by atomic mass is 10.0. The van der Waals surface area contributed by atoms with Gasteiger partial charge in [0.15, 0.2) is 12.4 Å². The average Bonchev–Trinajstić information content (AvgIpc) is 2.78. The van der Waals surface area contributed by atoms with Gasteiger partial charge >= 0.3 is 0 Å². The van der Waals surface area contributed by atoms with Crippen LogP contribution in [0.15, 0.2) is 72.8 Å². The van der Waals surface area contributed by atoms with Crippen molar-refractivity contribution in [2.75, 3.05) is 19.0 Å². The molecular formula is C24H23NO4. The highest BCUT2D eigenvalue weighted by Crippen LogP contribution is 2.27. The van der Waals surface area contributed by atoms with E-state index in [1.54, 1.807) is 42.5 Å². The van der Waals surface area contributed by atoms with Crippen LogP contribution in [0.5, 0.6) is 11.5 Å². The number of carbonyl (C=O) groups excluding carboxylic acids is 2. The molecule has 0 fully saturated rings. The second-order valence-corrected chi connectivity index (χ2v) is 6.44. The van der Waals surface area contributed by atoms with Gasteiger partial charge in [-0.05, 0) is 36.2 Å². The van der Waals surface area contributed by atoms with E-state index in [2.05, 4.69) is 12.2 Å². The number of amides is 1. The van der Waals surface area contributed by atoms with Crippen LogP contribution >= 0.6 is 0 Å². The fourth-order valence-electron chi connectivity index (χ4n) is 2.85. The van der Waals surface area contributed by atoms with Crippen molar-refractivity contribution in [1.82, 2.24) is 0 Å². The molecule has 0 spiro atoms. The lowest BCUT2D eigenvalue weighted by molar-refractivity contribution is -0.118. The third-order valence-corrected chi connectivity index (χ3v) is 4.47. The lowest BCUT2D eigenvalue weighted by Gasteiger charge is -2.13. The van der Waals surface area contributed by atoms with E-state index in [4.69, 9.17) is 9.47 Å². The monoisotopic (exact) mass is 389 g/mol. The summed E-state index contributed by atoms with van der Waals surface area (Å²) in [6.45, 7) is 1.85. The number of carbonyl (C=O) groups is 2. The van der Waals surface area contributed by atoms with Crippen molar-refractivity contribution in [3.63, 3.8) is 0 Å². The van der Waals surface area contributed by atoms with Gasteiger partial charge in [0.2, 0.25) is 0 Å². The van der Waals surface area contributed by atoms with E-state index in [-0.39, 0.29) is 18.3 Å². The maximum Gasteiger partial charge on any atom is 0.262 e. The van der Waals surface area contributed by atoms with Crippen LogP contribution in [-0.4, -0.2) is 25.4 Å². The van der Waals surface area contributed by atoms with Crippen LogP contribution in [0.25, 0.3) is 0 Å². The van der Waals surface area contributed by atoms with Crippen LogP contribution < -0.4 is 14.8 Å². The summed E-state index contributed by atoms with van der Waals surface area (Å²) < 4.78 is 10.9. The number of methoxy groups -OCH3 is 1. The normalized spacial score (nSPS) is 10.3. The zero-order valence-corrected chi connectivity index (χ0v) is 16.5. The van der Waals surface area contributed by atoms with E-state index in [1.165, 1.54) is 12.7 Å². The predicted octanol–water partition coefficient (Wildman–Crippen LogP) is 4.51. The molecule has 0 aliphatic carbocycles. The summed E-state index contributed by atoms with van der Waals surface area (Å²) in [6.07, 6.45) is 0.936. The maximum atomic E-state index is 12.8. The van der Waals surface area contributed by atoms with Gasteiger partial charge in [-0.3, -0.25) is 9.59 Å². The van der Waals surface area contributed by atoms with E-state index in [0.717, 1.165) is 6.42 Å². The van der Waals surface area contributed by atoms with Crippen molar-refractivity contribution >= 4 is 17.4 Å². The summed E-state index contributed by atoms with van der Waals surface area (Å²) >= 11 is 0. The Bertz CT molecular complexity index is 982. The number of hydrogen-bond donors (Lipinski definition) is 1. The second kappa shape index (κ2) is 9.55. The molecule has 0 radical (unpaired) electrons. The first kappa shape index (κ1) is 20.1. The summed E-state index contributed by atoms with van der Waals surface area (Å²) in [5, 5.41) is 2.79. The largest absolute Gasteiger partial charge is 0.497 e. The molecule has 1 amide bonds. The number of nitrogens with one attached hydrogen (secondary N) is 1. The summed E-state index contributed by atoms with van der Waals surface area (Å²) in [5.74, 6) is 0.351. The van der Waals surface area contributed by atoms with E-state index in [9.17, 15) is 9.59 Å². The zero-order valence-electron chi connectivity index (χ0n) is 16.5. The zero-order chi connectivity index (χ0) is 20.6. The minimum atomic E-state index is -0.310. The highest BCUT2D eigenvalue weighted by molar-refractivity contribution is 6.10. The van der Waals surface area contributed by atoms with Crippen molar-refractivity contribution in [3.05, 3.63) is 89.5 Å². The molecule has 0 aliphatic heterocycles. The SMILES string of the molecule is CCc1ccc(NC(=O)COc2cc(OC)ccc2C(=O)c2ccccc2)cc1. The van der Waals surface area contributed by atoms with Crippen molar-refractivity contribution in [3.8, 4) is 11.5 Å². The molecule has 1 N–H and O–H groups in total. The Morgan fingerprint density at radius 2 is 1.66 bits per heavy atom. The molecule has 5 nitrogen and oxygen atoms in total. The number of aryl methyl sites for hydroxylation is 1. The highest BCUT2D eigenvalue weighted by atomic mass is 16.5. The van der Waals surface area contributed by atoms with Crippen LogP contribution in [0.2, 0.25) is 0 Å². The van der Waals surface area contributed by atoms with Gasteiger partial charge in [0, 0.05) is 17.3 Å². The van der Waals surface area contributed by atoms with Crippen LogP contribution in [0, 0.1) is 0 Å². The molecule has 5 heteroatoms. The summed E-state index contributed by atoms with van der Waals surface area (Å²) in [5.41, 5.74) is 2.81. The molecular weight excluding hydrogens is 366 g/mol. The fourth-order valence-corrected chi connectivity index (χ4v) is 2.85. The molecule has 0 unspecified atom stereocenters. The molecule has 0 heterocycles. The van der Waals surface area contributed by atoms with E-state index in [0.29, 0.717) is 28.3 Å². The number of anilines is 1. The van der Waals surface area contributed by atoms with Crippen molar-refractivity contribution in [2.45, 2.75) is 13.3 Å². The number of rotatable bonds is 8. The first-order chi connectivity index (χ1) is 14.1. The Labute approximate surface area is 170 Å². The van der Waals surface area contributed by atoms with Gasteiger partial charge < -0.3 is 14.8 Å². The maximum absolute atomic E-state index is 12.8. The Hall–Kier alpha value is -3.60. The molecule has 0 saturated carbocycles. The van der Waals surface area contributed by atoms with Crippen molar-refractivity contribution in [1.29, 1.82) is 0 Å². The van der Waals surface area contributed by atoms with Gasteiger partial charge in [0.05, 0.1) is 12.7 Å². The van der Waals surface area contributed by atoms with Crippen LogP contribution in [0.3, 0.4) is 0 Å². The topological polar surface area (TPSA) is 64.6 Å². The molecule has 3 rings (SSSR count).